The molecule has 0 atom stereocenters. The fraction of sp³-hybridized carbons (Fsp3) is 0.227. The van der Waals surface area contributed by atoms with Gasteiger partial charge in [-0.1, -0.05) is 30.3 Å². The highest BCUT2D eigenvalue weighted by Crippen LogP contribution is 2.26. The summed E-state index contributed by atoms with van der Waals surface area (Å²) in [5, 5.41) is 7.51. The molecular weight excluding hydrogens is 354 g/mol. The lowest BCUT2D eigenvalue weighted by Gasteiger charge is -2.14. The van der Waals surface area contributed by atoms with Crippen molar-refractivity contribution in [1.29, 1.82) is 0 Å². The Morgan fingerprint density at radius 2 is 1.82 bits per heavy atom. The fourth-order valence-corrected chi connectivity index (χ4v) is 2.80. The molecule has 0 fully saturated rings. The van der Waals surface area contributed by atoms with Crippen molar-refractivity contribution in [2.45, 2.75) is 26.4 Å². The number of aromatic nitrogens is 1. The molecule has 0 saturated carbocycles. The first kappa shape index (κ1) is 19.4. The molecule has 28 heavy (non-hydrogen) atoms. The van der Waals surface area contributed by atoms with Crippen LogP contribution in [0.3, 0.4) is 0 Å². The lowest BCUT2D eigenvalue weighted by molar-refractivity contribution is -0.123. The van der Waals surface area contributed by atoms with Gasteiger partial charge in [-0.3, -0.25) is 14.6 Å². The Bertz CT molecular complexity index is 971. The SMILES string of the molecule is CC(C)NC(=O)COc1cc2ccccc2cc1C(=O)NCc1cccnc1. The van der Waals surface area contributed by atoms with Crippen molar-refractivity contribution in [1.82, 2.24) is 15.6 Å². The third-order valence-electron chi connectivity index (χ3n) is 4.08. The van der Waals surface area contributed by atoms with E-state index in [9.17, 15) is 9.59 Å². The molecular formula is C22H23N3O3. The molecule has 3 aromatic rings. The average molecular weight is 377 g/mol. The van der Waals surface area contributed by atoms with Gasteiger partial charge in [0.25, 0.3) is 11.8 Å². The zero-order valence-electron chi connectivity index (χ0n) is 15.9. The Labute approximate surface area is 163 Å². The number of nitrogens with zero attached hydrogens (tertiary/aromatic N) is 1. The van der Waals surface area contributed by atoms with Gasteiger partial charge in [-0.05, 0) is 48.4 Å². The predicted molar refractivity (Wildman–Crippen MR) is 108 cm³/mol. The van der Waals surface area contributed by atoms with Crippen LogP contribution in [0.15, 0.2) is 60.9 Å². The second-order valence-corrected chi connectivity index (χ2v) is 6.75. The minimum atomic E-state index is -0.270. The van der Waals surface area contributed by atoms with Crippen LogP contribution in [0.1, 0.15) is 29.8 Å². The minimum absolute atomic E-state index is 0.0231. The summed E-state index contributed by atoms with van der Waals surface area (Å²) >= 11 is 0. The standard InChI is InChI=1S/C22H23N3O3/c1-15(2)25-21(26)14-28-20-11-18-8-4-3-7-17(18)10-19(20)22(27)24-13-16-6-5-9-23-12-16/h3-12,15H,13-14H2,1-2H3,(H,24,27)(H,25,26). The summed E-state index contributed by atoms with van der Waals surface area (Å²) in [5.41, 5.74) is 1.29. The normalized spacial score (nSPS) is 10.7. The molecule has 2 amide bonds. The first-order valence-corrected chi connectivity index (χ1v) is 9.15. The van der Waals surface area contributed by atoms with Crippen LogP contribution in [-0.4, -0.2) is 29.4 Å². The highest BCUT2D eigenvalue weighted by molar-refractivity contribution is 6.01. The quantitative estimate of drug-likeness (QED) is 0.663. The molecule has 0 aliphatic carbocycles. The molecule has 0 unspecified atom stereocenters. The molecule has 0 saturated heterocycles. The van der Waals surface area contributed by atoms with Crippen molar-refractivity contribution < 1.29 is 14.3 Å². The Morgan fingerprint density at radius 3 is 2.50 bits per heavy atom. The monoisotopic (exact) mass is 377 g/mol. The molecule has 0 aliphatic heterocycles. The third-order valence-corrected chi connectivity index (χ3v) is 4.08. The van der Waals surface area contributed by atoms with Crippen LogP contribution in [0.2, 0.25) is 0 Å². The number of carbonyl (C=O) groups is 2. The highest BCUT2D eigenvalue weighted by Gasteiger charge is 2.15. The lowest BCUT2D eigenvalue weighted by atomic mass is 10.1. The van der Waals surface area contributed by atoms with E-state index in [-0.39, 0.29) is 24.5 Å². The van der Waals surface area contributed by atoms with Gasteiger partial charge in [0.15, 0.2) is 6.61 Å². The van der Waals surface area contributed by atoms with Crippen molar-refractivity contribution in [3.05, 3.63) is 72.1 Å². The van der Waals surface area contributed by atoms with Crippen molar-refractivity contribution in [2.75, 3.05) is 6.61 Å². The largest absolute Gasteiger partial charge is 0.483 e. The van der Waals surface area contributed by atoms with E-state index in [4.69, 9.17) is 4.74 Å². The maximum atomic E-state index is 12.8. The Hall–Kier alpha value is -3.41. The van der Waals surface area contributed by atoms with Gasteiger partial charge in [0.05, 0.1) is 5.56 Å². The van der Waals surface area contributed by atoms with Crippen LogP contribution in [0, 0.1) is 0 Å². The maximum Gasteiger partial charge on any atom is 0.258 e. The smallest absolute Gasteiger partial charge is 0.258 e. The van der Waals surface area contributed by atoms with Crippen LogP contribution >= 0.6 is 0 Å². The number of rotatable bonds is 7. The molecule has 6 nitrogen and oxygen atoms in total. The molecule has 2 aromatic carbocycles. The molecule has 0 radical (unpaired) electrons. The number of hydrogen-bond acceptors (Lipinski definition) is 4. The minimum Gasteiger partial charge on any atom is -0.483 e. The molecule has 1 aromatic heterocycles. The van der Waals surface area contributed by atoms with Crippen molar-refractivity contribution in [3.63, 3.8) is 0 Å². The molecule has 144 valence electrons. The Balaban J connectivity index is 1.81. The molecule has 1 heterocycles. The summed E-state index contributed by atoms with van der Waals surface area (Å²) < 4.78 is 5.70. The summed E-state index contributed by atoms with van der Waals surface area (Å²) in [6.07, 6.45) is 3.39. The Morgan fingerprint density at radius 1 is 1.07 bits per heavy atom. The molecule has 3 rings (SSSR count). The van der Waals surface area contributed by atoms with Crippen LogP contribution in [-0.2, 0) is 11.3 Å². The lowest BCUT2D eigenvalue weighted by Crippen LogP contribution is -2.34. The number of carbonyl (C=O) groups excluding carboxylic acids is 2. The van der Waals surface area contributed by atoms with Gasteiger partial charge in [0.2, 0.25) is 0 Å². The van der Waals surface area contributed by atoms with Crippen LogP contribution in [0.4, 0.5) is 0 Å². The number of nitrogens with one attached hydrogen (secondary N) is 2. The van der Waals surface area contributed by atoms with Gasteiger partial charge in [0.1, 0.15) is 5.75 Å². The average Bonchev–Trinajstić information content (AvgIpc) is 2.70. The van der Waals surface area contributed by atoms with Gasteiger partial charge in [-0.2, -0.15) is 0 Å². The first-order valence-electron chi connectivity index (χ1n) is 9.15. The number of hydrogen-bond donors (Lipinski definition) is 2. The number of ether oxygens (including phenoxy) is 1. The van der Waals surface area contributed by atoms with E-state index in [1.807, 2.05) is 50.2 Å². The van der Waals surface area contributed by atoms with E-state index in [0.29, 0.717) is 17.9 Å². The van der Waals surface area contributed by atoms with Gasteiger partial charge >= 0.3 is 0 Å². The molecule has 0 aliphatic rings. The second kappa shape index (κ2) is 8.99. The zero-order chi connectivity index (χ0) is 19.9. The molecule has 0 bridgehead atoms. The molecule has 0 spiro atoms. The van der Waals surface area contributed by atoms with Crippen LogP contribution in [0.25, 0.3) is 10.8 Å². The van der Waals surface area contributed by atoms with Gasteiger partial charge in [0, 0.05) is 25.0 Å². The summed E-state index contributed by atoms with van der Waals surface area (Å²) in [6.45, 7) is 3.96. The predicted octanol–water partition coefficient (Wildman–Crippen LogP) is 3.07. The Kier molecular flexibility index (Phi) is 6.22. The van der Waals surface area contributed by atoms with Gasteiger partial charge < -0.3 is 15.4 Å². The van der Waals surface area contributed by atoms with Gasteiger partial charge in [-0.15, -0.1) is 0 Å². The van der Waals surface area contributed by atoms with Gasteiger partial charge in [-0.25, -0.2) is 0 Å². The van der Waals surface area contributed by atoms with Crippen LogP contribution in [0.5, 0.6) is 5.75 Å². The van der Waals surface area contributed by atoms with E-state index in [2.05, 4.69) is 15.6 Å². The topological polar surface area (TPSA) is 80.3 Å². The summed E-state index contributed by atoms with van der Waals surface area (Å²) in [7, 11) is 0. The van der Waals surface area contributed by atoms with Crippen LogP contribution < -0.4 is 15.4 Å². The first-order chi connectivity index (χ1) is 13.5. The fourth-order valence-electron chi connectivity index (χ4n) is 2.80. The number of fused-ring (bicyclic) bond motifs is 1. The second-order valence-electron chi connectivity index (χ2n) is 6.75. The number of pyridine rings is 1. The van der Waals surface area contributed by atoms with Crippen molar-refractivity contribution >= 4 is 22.6 Å². The number of benzene rings is 2. The van der Waals surface area contributed by atoms with E-state index >= 15 is 0 Å². The van der Waals surface area contributed by atoms with E-state index in [1.54, 1.807) is 24.5 Å². The third kappa shape index (κ3) is 5.07. The van der Waals surface area contributed by atoms with Crippen molar-refractivity contribution in [2.24, 2.45) is 0 Å². The van der Waals surface area contributed by atoms with Crippen molar-refractivity contribution in [3.8, 4) is 5.75 Å². The number of amides is 2. The summed E-state index contributed by atoms with van der Waals surface area (Å²) in [4.78, 5) is 28.8. The zero-order valence-corrected chi connectivity index (χ0v) is 15.9. The highest BCUT2D eigenvalue weighted by atomic mass is 16.5. The maximum absolute atomic E-state index is 12.8. The summed E-state index contributed by atoms with van der Waals surface area (Å²) in [6, 6.07) is 15.0. The van der Waals surface area contributed by atoms with E-state index in [0.717, 1.165) is 16.3 Å². The molecule has 2 N–H and O–H groups in total. The molecule has 6 heteroatoms. The summed E-state index contributed by atoms with van der Waals surface area (Å²) in [5.74, 6) is -0.125. The van der Waals surface area contributed by atoms with E-state index < -0.39 is 0 Å². The van der Waals surface area contributed by atoms with E-state index in [1.165, 1.54) is 0 Å².